The van der Waals surface area contributed by atoms with Gasteiger partial charge in [-0.2, -0.15) is 13.2 Å². The quantitative estimate of drug-likeness (QED) is 0.446. The molecule has 1 aliphatic rings. The molecule has 11 heteroatoms. The molecular weight excluding hydrogens is 537 g/mol. The van der Waals surface area contributed by atoms with Crippen LogP contribution in [0.15, 0.2) is 39.7 Å². The zero-order valence-corrected chi connectivity index (χ0v) is 20.7. The summed E-state index contributed by atoms with van der Waals surface area (Å²) in [4.78, 5) is 14.4. The minimum atomic E-state index is -4.51. The molecule has 1 unspecified atom stereocenters. The summed E-state index contributed by atoms with van der Waals surface area (Å²) in [6, 6.07) is 5.62. The Kier molecular flexibility index (Phi) is 6.56. The fourth-order valence-corrected chi connectivity index (χ4v) is 5.74. The molecule has 1 saturated carbocycles. The standard InChI is InChI=1S/C23H22BrF3N2O4S/c1-28(2)10-15-19-17(9-16(24)21(15)30)29(13-5-6-13)18(20(19)22(31)32)11-34(33)14-7-3-12(4-8-14)23(25,26)27/h3-4,7-9,13,30H,5-6,10-11H2,1-2H3,(H,31,32)/p-1. The Balaban J connectivity index is 1.88. The molecule has 0 spiro atoms. The van der Waals surface area contributed by atoms with Crippen molar-refractivity contribution in [2.24, 2.45) is 0 Å². The first kappa shape index (κ1) is 24.7. The van der Waals surface area contributed by atoms with E-state index in [1.807, 2.05) is 4.57 Å². The number of aromatic nitrogens is 1. The molecule has 2 aromatic carbocycles. The van der Waals surface area contributed by atoms with Crippen molar-refractivity contribution in [1.29, 1.82) is 0 Å². The number of carboxylic acids is 1. The highest BCUT2D eigenvalue weighted by Gasteiger charge is 2.34. The third-order valence-corrected chi connectivity index (χ3v) is 7.64. The molecule has 1 atom stereocenters. The average Bonchev–Trinajstić information content (AvgIpc) is 3.53. The van der Waals surface area contributed by atoms with E-state index in [0.717, 1.165) is 37.1 Å². The number of benzene rings is 2. The predicted octanol–water partition coefficient (Wildman–Crippen LogP) is 4.90. The lowest BCUT2D eigenvalue weighted by atomic mass is 10.0. The van der Waals surface area contributed by atoms with E-state index in [2.05, 4.69) is 15.9 Å². The fraction of sp³-hybridized carbons (Fsp3) is 0.348. The van der Waals surface area contributed by atoms with Crippen molar-refractivity contribution < 1.29 is 32.4 Å². The van der Waals surface area contributed by atoms with Crippen LogP contribution in [0.3, 0.4) is 0 Å². The minimum absolute atomic E-state index is 0.00631. The van der Waals surface area contributed by atoms with Gasteiger partial charge < -0.3 is 19.7 Å². The van der Waals surface area contributed by atoms with Crippen LogP contribution in [-0.4, -0.2) is 38.8 Å². The van der Waals surface area contributed by atoms with Crippen LogP contribution >= 0.6 is 15.9 Å². The number of hydrogen-bond acceptors (Lipinski definition) is 4. The number of rotatable bonds is 7. The van der Waals surface area contributed by atoms with Crippen LogP contribution in [0.5, 0.6) is 5.75 Å². The maximum atomic E-state index is 13.2. The molecule has 1 aliphatic carbocycles. The molecule has 34 heavy (non-hydrogen) atoms. The van der Waals surface area contributed by atoms with Gasteiger partial charge in [0, 0.05) is 33.0 Å². The maximum Gasteiger partial charge on any atom is 0.416 e. The predicted molar refractivity (Wildman–Crippen MR) is 123 cm³/mol. The zero-order chi connectivity index (χ0) is 24.9. The van der Waals surface area contributed by atoms with Crippen LogP contribution in [0, 0.1) is 0 Å². The molecule has 0 aliphatic heterocycles. The summed E-state index contributed by atoms with van der Waals surface area (Å²) < 4.78 is 54.0. The molecule has 4 rings (SSSR count). The van der Waals surface area contributed by atoms with Crippen LogP contribution < -0.4 is 5.11 Å². The van der Waals surface area contributed by atoms with E-state index < -0.39 is 28.5 Å². The Morgan fingerprint density at radius 1 is 1.26 bits per heavy atom. The number of fused-ring (bicyclic) bond motifs is 1. The summed E-state index contributed by atoms with van der Waals surface area (Å²) in [6.45, 7) is 0.213. The lowest BCUT2D eigenvalue weighted by molar-refractivity contribution is -0.270. The number of carbonyl (C=O) groups is 1. The first-order valence-electron chi connectivity index (χ1n) is 10.4. The van der Waals surface area contributed by atoms with E-state index in [-0.39, 0.29) is 34.5 Å². The van der Waals surface area contributed by atoms with Gasteiger partial charge >= 0.3 is 12.1 Å². The van der Waals surface area contributed by atoms with Crippen LogP contribution in [0.4, 0.5) is 13.2 Å². The Bertz CT molecular complexity index is 1300. The number of halogens is 4. The van der Waals surface area contributed by atoms with E-state index in [9.17, 15) is 32.4 Å². The Hall–Kier alpha value is -2.37. The number of hydrogen-bond donors (Lipinski definition) is 1. The van der Waals surface area contributed by atoms with E-state index in [1.54, 1.807) is 25.1 Å². The van der Waals surface area contributed by atoms with Gasteiger partial charge in [0.1, 0.15) is 0 Å². The summed E-state index contributed by atoms with van der Waals surface area (Å²) >= 11 is 3.30. The molecular formula is C23H21BrF3N2O4S-. The van der Waals surface area contributed by atoms with Crippen molar-refractivity contribution in [1.82, 2.24) is 9.47 Å². The summed E-state index contributed by atoms with van der Waals surface area (Å²) in [5.41, 5.74) is 0.271. The number of nitrogens with zero attached hydrogens (tertiary/aromatic N) is 2. The molecule has 6 nitrogen and oxygen atoms in total. The Morgan fingerprint density at radius 2 is 1.88 bits per heavy atom. The fourth-order valence-electron chi connectivity index (χ4n) is 4.14. The smallest absolute Gasteiger partial charge is 0.416 e. The van der Waals surface area contributed by atoms with Crippen LogP contribution in [-0.2, 0) is 29.3 Å². The number of aromatic carboxylic acids is 1. The van der Waals surface area contributed by atoms with E-state index >= 15 is 0 Å². The van der Waals surface area contributed by atoms with Crippen LogP contribution in [0.2, 0.25) is 0 Å². The SMILES string of the molecule is CN(C)Cc1c([O-])c(Br)cc2c1c(C(=O)O)c(CS(=O)c1ccc(C(F)(F)F)cc1)n2C1CC1. The van der Waals surface area contributed by atoms with Crippen molar-refractivity contribution in [3.63, 3.8) is 0 Å². The molecule has 0 saturated heterocycles. The molecule has 1 N–H and O–H groups in total. The van der Waals surface area contributed by atoms with Gasteiger partial charge in [0.25, 0.3) is 0 Å². The summed E-state index contributed by atoms with van der Waals surface area (Å²) in [5.74, 6) is -1.76. The van der Waals surface area contributed by atoms with Crippen molar-refractivity contribution in [3.8, 4) is 5.75 Å². The summed E-state index contributed by atoms with van der Waals surface area (Å²) in [5, 5.41) is 23.4. The minimum Gasteiger partial charge on any atom is -0.871 e. The highest BCUT2D eigenvalue weighted by atomic mass is 79.9. The second kappa shape index (κ2) is 9.01. The summed E-state index contributed by atoms with van der Waals surface area (Å²) in [7, 11) is 1.74. The second-order valence-corrected chi connectivity index (χ2v) is 10.8. The van der Waals surface area contributed by atoms with Gasteiger partial charge in [-0.15, -0.1) is 0 Å². The normalized spacial score (nSPS) is 15.3. The lowest BCUT2D eigenvalue weighted by Gasteiger charge is -2.21. The van der Waals surface area contributed by atoms with Gasteiger partial charge in [0.15, 0.2) is 0 Å². The molecule has 1 fully saturated rings. The Morgan fingerprint density at radius 3 is 2.38 bits per heavy atom. The molecule has 3 aromatic rings. The topological polar surface area (TPSA) is 85.6 Å². The van der Waals surface area contributed by atoms with Crippen molar-refractivity contribution in [2.75, 3.05) is 14.1 Å². The molecule has 182 valence electrons. The monoisotopic (exact) mass is 557 g/mol. The summed E-state index contributed by atoms with van der Waals surface area (Å²) in [6.07, 6.45) is -2.90. The highest BCUT2D eigenvalue weighted by molar-refractivity contribution is 9.10. The van der Waals surface area contributed by atoms with Crippen molar-refractivity contribution in [3.05, 3.63) is 57.2 Å². The molecule has 0 bridgehead atoms. The maximum absolute atomic E-state index is 13.2. The van der Waals surface area contributed by atoms with Gasteiger partial charge in [-0.3, -0.25) is 4.21 Å². The second-order valence-electron chi connectivity index (χ2n) is 8.54. The van der Waals surface area contributed by atoms with Gasteiger partial charge in [0.2, 0.25) is 0 Å². The van der Waals surface area contributed by atoms with Gasteiger partial charge in [-0.1, -0.05) is 21.7 Å². The van der Waals surface area contributed by atoms with Crippen LogP contribution in [0.1, 0.15) is 46.1 Å². The first-order chi connectivity index (χ1) is 15.9. The van der Waals surface area contributed by atoms with E-state index in [0.29, 0.717) is 26.6 Å². The molecule has 0 amide bonds. The molecule has 0 radical (unpaired) electrons. The third-order valence-electron chi connectivity index (χ3n) is 5.71. The van der Waals surface area contributed by atoms with Crippen molar-refractivity contribution >= 4 is 43.6 Å². The van der Waals surface area contributed by atoms with Gasteiger partial charge in [0.05, 0.1) is 33.2 Å². The molecule has 1 aromatic heterocycles. The third kappa shape index (κ3) is 4.60. The number of carboxylic acid groups (broad SMARTS) is 1. The highest BCUT2D eigenvalue weighted by Crippen LogP contribution is 2.45. The van der Waals surface area contributed by atoms with Gasteiger partial charge in [-0.05, 0) is 62.8 Å². The largest absolute Gasteiger partial charge is 0.871 e. The van der Waals surface area contributed by atoms with E-state index in [4.69, 9.17) is 0 Å². The average molecular weight is 558 g/mol. The van der Waals surface area contributed by atoms with Gasteiger partial charge in [-0.25, -0.2) is 4.79 Å². The Labute approximate surface area is 204 Å². The van der Waals surface area contributed by atoms with Crippen LogP contribution in [0.25, 0.3) is 10.9 Å². The van der Waals surface area contributed by atoms with Crippen molar-refractivity contribution in [2.45, 2.75) is 42.3 Å². The lowest BCUT2D eigenvalue weighted by Crippen LogP contribution is -2.14. The molecule has 1 heterocycles. The van der Waals surface area contributed by atoms with E-state index in [1.165, 1.54) is 0 Å². The first-order valence-corrected chi connectivity index (χ1v) is 12.5. The zero-order valence-electron chi connectivity index (χ0n) is 18.3. The number of alkyl halides is 3.